The Morgan fingerprint density at radius 2 is 2.12 bits per heavy atom. The molecule has 0 fully saturated rings. The fourth-order valence-corrected chi connectivity index (χ4v) is 1.40. The predicted octanol–water partition coefficient (Wildman–Crippen LogP) is 0.911. The number of aromatic hydroxyl groups is 1. The molecule has 0 aliphatic rings. The minimum Gasteiger partial charge on any atom is -0.508 e. The number of rotatable bonds is 4. The molecule has 1 aromatic rings. The molecular formula is C11H13ClN2O3. The van der Waals surface area contributed by atoms with Crippen molar-refractivity contribution in [2.24, 2.45) is 0 Å². The monoisotopic (exact) mass is 256 g/mol. The van der Waals surface area contributed by atoms with Crippen molar-refractivity contribution in [3.05, 3.63) is 28.8 Å². The lowest BCUT2D eigenvalue weighted by Gasteiger charge is -2.06. The number of halogens is 1. The molecular weight excluding hydrogens is 244 g/mol. The number of phenols is 1. The standard InChI is InChI=1S/C11H13ClN2O3/c1-13-10(16)4-5-14-11(17)8-6-7(15)2-3-9(8)12/h2-3,6,15H,4-5H2,1H3,(H,13,16)(H,14,17). The van der Waals surface area contributed by atoms with Gasteiger partial charge in [-0.3, -0.25) is 9.59 Å². The van der Waals surface area contributed by atoms with E-state index in [0.717, 1.165) is 0 Å². The van der Waals surface area contributed by atoms with Crippen LogP contribution in [0.25, 0.3) is 0 Å². The molecule has 0 unspecified atom stereocenters. The van der Waals surface area contributed by atoms with Crippen molar-refractivity contribution in [1.29, 1.82) is 0 Å². The van der Waals surface area contributed by atoms with Gasteiger partial charge in [0.2, 0.25) is 5.91 Å². The molecule has 0 saturated heterocycles. The Hall–Kier alpha value is -1.75. The first kappa shape index (κ1) is 13.3. The number of benzene rings is 1. The maximum Gasteiger partial charge on any atom is 0.252 e. The molecule has 0 aliphatic carbocycles. The summed E-state index contributed by atoms with van der Waals surface area (Å²) in [5, 5.41) is 14.5. The molecule has 2 amide bonds. The molecule has 0 atom stereocenters. The highest BCUT2D eigenvalue weighted by Crippen LogP contribution is 2.20. The van der Waals surface area contributed by atoms with Crippen molar-refractivity contribution in [2.75, 3.05) is 13.6 Å². The summed E-state index contributed by atoms with van der Waals surface area (Å²) < 4.78 is 0. The second-order valence-corrected chi connectivity index (χ2v) is 3.75. The molecule has 0 spiro atoms. The zero-order valence-corrected chi connectivity index (χ0v) is 10.0. The van der Waals surface area contributed by atoms with Crippen molar-refractivity contribution in [2.45, 2.75) is 6.42 Å². The highest BCUT2D eigenvalue weighted by atomic mass is 35.5. The topological polar surface area (TPSA) is 78.4 Å². The maximum absolute atomic E-state index is 11.6. The van der Waals surface area contributed by atoms with E-state index in [1.54, 1.807) is 0 Å². The first-order valence-corrected chi connectivity index (χ1v) is 5.39. The van der Waals surface area contributed by atoms with Crippen molar-refractivity contribution in [3.63, 3.8) is 0 Å². The third-order valence-corrected chi connectivity index (χ3v) is 2.44. The molecule has 17 heavy (non-hydrogen) atoms. The Balaban J connectivity index is 2.58. The number of carbonyl (C=O) groups excluding carboxylic acids is 2. The Morgan fingerprint density at radius 1 is 1.41 bits per heavy atom. The van der Waals surface area contributed by atoms with Gasteiger partial charge in [-0.05, 0) is 18.2 Å². The number of amides is 2. The summed E-state index contributed by atoms with van der Waals surface area (Å²) in [6.45, 7) is 0.213. The van der Waals surface area contributed by atoms with Gasteiger partial charge in [-0.15, -0.1) is 0 Å². The highest BCUT2D eigenvalue weighted by Gasteiger charge is 2.11. The number of nitrogens with one attached hydrogen (secondary N) is 2. The molecule has 3 N–H and O–H groups in total. The van der Waals surface area contributed by atoms with Crippen molar-refractivity contribution < 1.29 is 14.7 Å². The summed E-state index contributed by atoms with van der Waals surface area (Å²) >= 11 is 5.81. The third kappa shape index (κ3) is 3.96. The molecule has 0 aliphatic heterocycles. The van der Waals surface area contributed by atoms with Gasteiger partial charge in [-0.1, -0.05) is 11.6 Å². The third-order valence-electron chi connectivity index (χ3n) is 2.11. The van der Waals surface area contributed by atoms with Crippen LogP contribution < -0.4 is 10.6 Å². The number of phenolic OH excluding ortho intramolecular Hbond substituents is 1. The van der Waals surface area contributed by atoms with Crippen LogP contribution in [-0.4, -0.2) is 30.5 Å². The zero-order valence-electron chi connectivity index (χ0n) is 9.29. The highest BCUT2D eigenvalue weighted by molar-refractivity contribution is 6.33. The Morgan fingerprint density at radius 3 is 2.76 bits per heavy atom. The van der Waals surface area contributed by atoms with Gasteiger partial charge in [0.15, 0.2) is 0 Å². The molecule has 0 radical (unpaired) electrons. The van der Waals surface area contributed by atoms with Crippen LogP contribution in [0.5, 0.6) is 5.75 Å². The average molecular weight is 257 g/mol. The van der Waals surface area contributed by atoms with E-state index in [1.807, 2.05) is 0 Å². The van der Waals surface area contributed by atoms with E-state index in [9.17, 15) is 14.7 Å². The largest absolute Gasteiger partial charge is 0.508 e. The minimum atomic E-state index is -0.421. The fourth-order valence-electron chi connectivity index (χ4n) is 1.20. The smallest absolute Gasteiger partial charge is 0.252 e. The normalized spacial score (nSPS) is 9.76. The quantitative estimate of drug-likeness (QED) is 0.749. The van der Waals surface area contributed by atoms with Gasteiger partial charge < -0.3 is 15.7 Å². The van der Waals surface area contributed by atoms with Gasteiger partial charge in [-0.2, -0.15) is 0 Å². The van der Waals surface area contributed by atoms with Crippen LogP contribution >= 0.6 is 11.6 Å². The Labute approximate surface area is 104 Å². The van der Waals surface area contributed by atoms with E-state index in [1.165, 1.54) is 25.2 Å². The van der Waals surface area contributed by atoms with Crippen LogP contribution in [0.1, 0.15) is 16.8 Å². The molecule has 1 aromatic carbocycles. The summed E-state index contributed by atoms with van der Waals surface area (Å²) in [7, 11) is 1.52. The van der Waals surface area contributed by atoms with Crippen molar-refractivity contribution >= 4 is 23.4 Å². The number of hydrogen-bond donors (Lipinski definition) is 3. The molecule has 0 saturated carbocycles. The molecule has 0 aromatic heterocycles. The van der Waals surface area contributed by atoms with Crippen LogP contribution in [0.15, 0.2) is 18.2 Å². The lowest BCUT2D eigenvalue weighted by Crippen LogP contribution is -2.29. The Kier molecular flexibility index (Phi) is 4.78. The van der Waals surface area contributed by atoms with Gasteiger partial charge in [0.05, 0.1) is 10.6 Å². The molecule has 92 valence electrons. The Bertz CT molecular complexity index is 435. The first-order valence-electron chi connectivity index (χ1n) is 5.02. The molecule has 1 rings (SSSR count). The van der Waals surface area contributed by atoms with Crippen molar-refractivity contribution in [1.82, 2.24) is 10.6 Å². The van der Waals surface area contributed by atoms with Gasteiger partial charge >= 0.3 is 0 Å². The van der Waals surface area contributed by atoms with Gasteiger partial charge in [0, 0.05) is 20.0 Å². The van der Waals surface area contributed by atoms with E-state index in [4.69, 9.17) is 11.6 Å². The van der Waals surface area contributed by atoms with Gasteiger partial charge in [0.25, 0.3) is 5.91 Å². The summed E-state index contributed by atoms with van der Waals surface area (Å²) in [6.07, 6.45) is 0.193. The van der Waals surface area contributed by atoms with Crippen molar-refractivity contribution in [3.8, 4) is 5.75 Å². The summed E-state index contributed by atoms with van der Waals surface area (Å²) in [5.74, 6) is -0.618. The summed E-state index contributed by atoms with van der Waals surface area (Å²) in [6, 6.07) is 4.10. The van der Waals surface area contributed by atoms with Crippen LogP contribution in [0.4, 0.5) is 0 Å². The summed E-state index contributed by atoms with van der Waals surface area (Å²) in [4.78, 5) is 22.6. The molecule has 6 heteroatoms. The lowest BCUT2D eigenvalue weighted by atomic mass is 10.2. The van der Waals surface area contributed by atoms with E-state index in [2.05, 4.69) is 10.6 Å². The number of hydrogen-bond acceptors (Lipinski definition) is 3. The predicted molar refractivity (Wildman–Crippen MR) is 64.1 cm³/mol. The second kappa shape index (κ2) is 6.10. The van der Waals surface area contributed by atoms with E-state index < -0.39 is 5.91 Å². The zero-order chi connectivity index (χ0) is 12.8. The van der Waals surface area contributed by atoms with Gasteiger partial charge in [-0.25, -0.2) is 0 Å². The SMILES string of the molecule is CNC(=O)CCNC(=O)c1cc(O)ccc1Cl. The van der Waals surface area contributed by atoms with E-state index in [0.29, 0.717) is 0 Å². The molecule has 5 nitrogen and oxygen atoms in total. The van der Waals surface area contributed by atoms with E-state index in [-0.39, 0.29) is 35.2 Å². The lowest BCUT2D eigenvalue weighted by molar-refractivity contribution is -0.120. The molecule has 0 heterocycles. The van der Waals surface area contributed by atoms with Gasteiger partial charge in [0.1, 0.15) is 5.75 Å². The minimum absolute atomic E-state index is 0.0362. The number of carbonyl (C=O) groups is 2. The van der Waals surface area contributed by atoms with Crippen LogP contribution in [0, 0.1) is 0 Å². The average Bonchev–Trinajstić information content (AvgIpc) is 2.31. The second-order valence-electron chi connectivity index (χ2n) is 3.34. The van der Waals surface area contributed by atoms with Crippen LogP contribution in [-0.2, 0) is 4.79 Å². The van der Waals surface area contributed by atoms with E-state index >= 15 is 0 Å². The molecule has 0 bridgehead atoms. The van der Waals surface area contributed by atoms with Crippen LogP contribution in [0.2, 0.25) is 5.02 Å². The summed E-state index contributed by atoms with van der Waals surface area (Å²) in [5.41, 5.74) is 0.184. The fraction of sp³-hybridized carbons (Fsp3) is 0.273. The van der Waals surface area contributed by atoms with Crippen LogP contribution in [0.3, 0.4) is 0 Å². The first-order chi connectivity index (χ1) is 8.04. The maximum atomic E-state index is 11.6.